The van der Waals surface area contributed by atoms with E-state index < -0.39 is 0 Å². The summed E-state index contributed by atoms with van der Waals surface area (Å²) in [4.78, 5) is 0. The summed E-state index contributed by atoms with van der Waals surface area (Å²) in [5.74, 6) is 1.37. The SMILES string of the molecule is Cc1cc(OCc2cc(N)ccc2Cl)ccc1C(C)C. The van der Waals surface area contributed by atoms with Gasteiger partial charge in [0.2, 0.25) is 0 Å². The van der Waals surface area contributed by atoms with Crippen molar-refractivity contribution in [3.63, 3.8) is 0 Å². The number of hydrogen-bond acceptors (Lipinski definition) is 2. The number of benzene rings is 2. The number of ether oxygens (including phenoxy) is 1. The first-order valence-electron chi connectivity index (χ1n) is 6.74. The van der Waals surface area contributed by atoms with E-state index in [0.717, 1.165) is 11.3 Å². The minimum Gasteiger partial charge on any atom is -0.489 e. The Morgan fingerprint density at radius 2 is 1.90 bits per heavy atom. The number of halogens is 1. The van der Waals surface area contributed by atoms with Crippen molar-refractivity contribution in [2.45, 2.75) is 33.3 Å². The molecule has 0 saturated heterocycles. The van der Waals surface area contributed by atoms with Gasteiger partial charge in [0, 0.05) is 16.3 Å². The minimum atomic E-state index is 0.421. The topological polar surface area (TPSA) is 35.2 Å². The van der Waals surface area contributed by atoms with E-state index >= 15 is 0 Å². The summed E-state index contributed by atoms with van der Waals surface area (Å²) in [7, 11) is 0. The van der Waals surface area contributed by atoms with Gasteiger partial charge < -0.3 is 10.5 Å². The zero-order chi connectivity index (χ0) is 14.7. The summed E-state index contributed by atoms with van der Waals surface area (Å²) in [6.07, 6.45) is 0. The molecular formula is C17H20ClNO. The van der Waals surface area contributed by atoms with E-state index in [1.807, 2.05) is 12.1 Å². The van der Waals surface area contributed by atoms with E-state index in [-0.39, 0.29) is 0 Å². The quantitative estimate of drug-likeness (QED) is 0.810. The Morgan fingerprint density at radius 1 is 1.15 bits per heavy atom. The second-order valence-electron chi connectivity index (χ2n) is 5.31. The van der Waals surface area contributed by atoms with Crippen LogP contribution in [0.1, 0.15) is 36.5 Å². The molecule has 0 amide bonds. The summed E-state index contributed by atoms with van der Waals surface area (Å²) in [6.45, 7) is 6.91. The molecule has 0 bridgehead atoms. The minimum absolute atomic E-state index is 0.421. The van der Waals surface area contributed by atoms with Crippen LogP contribution >= 0.6 is 11.6 Å². The van der Waals surface area contributed by atoms with Crippen LogP contribution in [0, 0.1) is 6.92 Å². The second-order valence-corrected chi connectivity index (χ2v) is 5.72. The van der Waals surface area contributed by atoms with Crippen LogP contribution in [0.5, 0.6) is 5.75 Å². The highest BCUT2D eigenvalue weighted by Crippen LogP contribution is 2.25. The van der Waals surface area contributed by atoms with Crippen LogP contribution in [-0.2, 0) is 6.61 Å². The predicted octanol–water partition coefficient (Wildman–Crippen LogP) is 4.93. The van der Waals surface area contributed by atoms with Crippen molar-refractivity contribution >= 4 is 17.3 Å². The molecule has 2 N–H and O–H groups in total. The van der Waals surface area contributed by atoms with Crippen molar-refractivity contribution in [3.05, 3.63) is 58.1 Å². The summed E-state index contributed by atoms with van der Waals surface area (Å²) in [5, 5.41) is 0.676. The molecule has 106 valence electrons. The maximum absolute atomic E-state index is 6.12. The monoisotopic (exact) mass is 289 g/mol. The second kappa shape index (κ2) is 6.19. The van der Waals surface area contributed by atoms with Crippen LogP contribution in [0.3, 0.4) is 0 Å². The molecule has 0 aliphatic rings. The van der Waals surface area contributed by atoms with Crippen LogP contribution in [0.2, 0.25) is 5.02 Å². The fourth-order valence-electron chi connectivity index (χ4n) is 2.25. The average molecular weight is 290 g/mol. The van der Waals surface area contributed by atoms with Crippen LogP contribution in [0.15, 0.2) is 36.4 Å². The van der Waals surface area contributed by atoms with Crippen LogP contribution < -0.4 is 10.5 Å². The number of aryl methyl sites for hydroxylation is 1. The summed E-state index contributed by atoms with van der Waals surface area (Å²) in [5.41, 5.74) is 9.95. The van der Waals surface area contributed by atoms with E-state index in [1.54, 1.807) is 12.1 Å². The number of rotatable bonds is 4. The van der Waals surface area contributed by atoms with Crippen molar-refractivity contribution in [2.75, 3.05) is 5.73 Å². The van der Waals surface area contributed by atoms with Gasteiger partial charge in [0.1, 0.15) is 12.4 Å². The summed E-state index contributed by atoms with van der Waals surface area (Å²) in [6, 6.07) is 11.6. The smallest absolute Gasteiger partial charge is 0.120 e. The van der Waals surface area contributed by atoms with Gasteiger partial charge in [-0.25, -0.2) is 0 Å². The van der Waals surface area contributed by atoms with Gasteiger partial charge in [-0.3, -0.25) is 0 Å². The number of anilines is 1. The molecule has 0 atom stereocenters. The number of nitrogens with two attached hydrogens (primary N) is 1. The Bertz CT molecular complexity index is 608. The van der Waals surface area contributed by atoms with Crippen molar-refractivity contribution in [2.24, 2.45) is 0 Å². The van der Waals surface area contributed by atoms with E-state index in [4.69, 9.17) is 22.1 Å². The molecule has 0 aliphatic heterocycles. The van der Waals surface area contributed by atoms with Crippen molar-refractivity contribution in [3.8, 4) is 5.75 Å². The largest absolute Gasteiger partial charge is 0.489 e. The third kappa shape index (κ3) is 3.45. The standard InChI is InChI=1S/C17H20ClNO/c1-11(2)16-6-5-15(8-12(16)3)20-10-13-9-14(19)4-7-17(13)18/h4-9,11H,10,19H2,1-3H3. The lowest BCUT2D eigenvalue weighted by atomic mass is 9.98. The average Bonchev–Trinajstić information content (AvgIpc) is 2.39. The highest BCUT2D eigenvalue weighted by molar-refractivity contribution is 6.31. The van der Waals surface area contributed by atoms with E-state index in [2.05, 4.69) is 32.9 Å². The molecular weight excluding hydrogens is 270 g/mol. The fraction of sp³-hybridized carbons (Fsp3) is 0.294. The molecule has 0 unspecified atom stereocenters. The lowest BCUT2D eigenvalue weighted by Crippen LogP contribution is -1.99. The van der Waals surface area contributed by atoms with Gasteiger partial charge in [-0.2, -0.15) is 0 Å². The molecule has 0 fully saturated rings. The van der Waals surface area contributed by atoms with Crippen molar-refractivity contribution in [1.82, 2.24) is 0 Å². The van der Waals surface area contributed by atoms with Crippen molar-refractivity contribution < 1.29 is 4.74 Å². The fourth-order valence-corrected chi connectivity index (χ4v) is 2.42. The summed E-state index contributed by atoms with van der Waals surface area (Å²) < 4.78 is 5.80. The molecule has 0 saturated carbocycles. The zero-order valence-corrected chi connectivity index (χ0v) is 12.9. The Labute approximate surface area is 125 Å². The molecule has 2 nitrogen and oxygen atoms in total. The lowest BCUT2D eigenvalue weighted by molar-refractivity contribution is 0.306. The maximum Gasteiger partial charge on any atom is 0.120 e. The number of hydrogen-bond donors (Lipinski definition) is 1. The molecule has 0 heterocycles. The molecule has 0 spiro atoms. The van der Waals surface area contributed by atoms with Gasteiger partial charge in [0.25, 0.3) is 0 Å². The van der Waals surface area contributed by atoms with Crippen molar-refractivity contribution in [1.29, 1.82) is 0 Å². The molecule has 20 heavy (non-hydrogen) atoms. The van der Waals surface area contributed by atoms with Crippen LogP contribution in [0.25, 0.3) is 0 Å². The number of nitrogen functional groups attached to an aromatic ring is 1. The van der Waals surface area contributed by atoms with Gasteiger partial charge in [-0.15, -0.1) is 0 Å². The van der Waals surface area contributed by atoms with E-state index in [0.29, 0.717) is 23.2 Å². The van der Waals surface area contributed by atoms with Crippen LogP contribution in [-0.4, -0.2) is 0 Å². The molecule has 2 aromatic carbocycles. The van der Waals surface area contributed by atoms with Crippen LogP contribution in [0.4, 0.5) is 5.69 Å². The Kier molecular flexibility index (Phi) is 4.56. The Hall–Kier alpha value is -1.67. The van der Waals surface area contributed by atoms with Gasteiger partial charge in [-0.05, 0) is 54.3 Å². The Morgan fingerprint density at radius 3 is 2.55 bits per heavy atom. The van der Waals surface area contributed by atoms with E-state index in [1.165, 1.54) is 11.1 Å². The van der Waals surface area contributed by atoms with Gasteiger partial charge in [0.05, 0.1) is 0 Å². The molecule has 0 aromatic heterocycles. The normalized spacial score (nSPS) is 10.8. The molecule has 2 rings (SSSR count). The third-order valence-corrected chi connectivity index (χ3v) is 3.70. The molecule has 2 aromatic rings. The zero-order valence-electron chi connectivity index (χ0n) is 12.1. The first-order chi connectivity index (χ1) is 9.47. The predicted molar refractivity (Wildman–Crippen MR) is 85.5 cm³/mol. The summed E-state index contributed by atoms with van der Waals surface area (Å²) >= 11 is 6.12. The highest BCUT2D eigenvalue weighted by atomic mass is 35.5. The molecule has 0 radical (unpaired) electrons. The third-order valence-electron chi connectivity index (χ3n) is 3.33. The van der Waals surface area contributed by atoms with Gasteiger partial charge in [-0.1, -0.05) is 31.5 Å². The first-order valence-corrected chi connectivity index (χ1v) is 7.12. The molecule has 3 heteroatoms. The molecule has 0 aliphatic carbocycles. The Balaban J connectivity index is 2.11. The van der Waals surface area contributed by atoms with Gasteiger partial charge in [0.15, 0.2) is 0 Å². The lowest BCUT2D eigenvalue weighted by Gasteiger charge is -2.13. The highest BCUT2D eigenvalue weighted by Gasteiger charge is 2.06. The van der Waals surface area contributed by atoms with E-state index in [9.17, 15) is 0 Å². The first kappa shape index (κ1) is 14.7. The maximum atomic E-state index is 6.12. The van der Waals surface area contributed by atoms with Gasteiger partial charge >= 0.3 is 0 Å².